The fourth-order valence-corrected chi connectivity index (χ4v) is 4.78. The Morgan fingerprint density at radius 2 is 1.29 bits per heavy atom. The average molecular weight is 429 g/mol. The van der Waals surface area contributed by atoms with E-state index in [1.165, 1.54) is 14.2 Å². The molecule has 0 heterocycles. The number of Topliss-reactive ketones (excluding diaryl/α,β-unsaturated/α-hetero) is 2. The number of carbonyl (C=O) groups excluding carboxylic acids is 2. The minimum absolute atomic E-state index is 0.0472. The largest absolute Gasteiger partial charge is 0.512 e. The molecule has 6 nitrogen and oxygen atoms in total. The number of benzene rings is 1. The Labute approximate surface area is 183 Å². The Hall–Kier alpha value is -2.76. The Morgan fingerprint density at radius 3 is 1.68 bits per heavy atom. The first-order chi connectivity index (χ1) is 14.4. The third-order valence-electron chi connectivity index (χ3n) is 6.12. The second-order valence-electron chi connectivity index (χ2n) is 10.1. The molecule has 1 aromatic carbocycles. The molecule has 2 aliphatic carbocycles. The molecule has 0 amide bonds. The van der Waals surface area contributed by atoms with Gasteiger partial charge in [-0.15, -0.1) is 0 Å². The van der Waals surface area contributed by atoms with Crippen LogP contribution in [0.2, 0.25) is 0 Å². The van der Waals surface area contributed by atoms with Gasteiger partial charge in [-0.1, -0.05) is 27.7 Å². The Kier molecular flexibility index (Phi) is 5.96. The van der Waals surface area contributed by atoms with Crippen molar-refractivity contribution in [3.8, 4) is 11.5 Å². The molecule has 6 heteroatoms. The first-order valence-electron chi connectivity index (χ1n) is 10.5. The molecule has 0 atom stereocenters. The number of ketones is 2. The standard InChI is InChI=1S/C25H32O6/c1-24(2)10-16(26)22(17(27)11-24)21(15-9-14(30-5)7-8-20(15)31-6)23-18(28)12-25(3,4)13-19(23)29/h7-9,21,26,28H,10-13H2,1-6H3. The van der Waals surface area contributed by atoms with Gasteiger partial charge in [-0.25, -0.2) is 0 Å². The van der Waals surface area contributed by atoms with Crippen LogP contribution in [-0.4, -0.2) is 36.0 Å². The van der Waals surface area contributed by atoms with Gasteiger partial charge < -0.3 is 19.7 Å². The molecule has 0 aromatic heterocycles. The maximum absolute atomic E-state index is 13.3. The van der Waals surface area contributed by atoms with Crippen molar-refractivity contribution in [2.45, 2.75) is 59.3 Å². The van der Waals surface area contributed by atoms with Gasteiger partial charge in [0.2, 0.25) is 0 Å². The van der Waals surface area contributed by atoms with E-state index in [0.717, 1.165) is 0 Å². The van der Waals surface area contributed by atoms with Crippen LogP contribution in [0.1, 0.15) is 64.9 Å². The summed E-state index contributed by atoms with van der Waals surface area (Å²) in [5, 5.41) is 21.9. The van der Waals surface area contributed by atoms with Crippen molar-refractivity contribution in [1.82, 2.24) is 0 Å². The van der Waals surface area contributed by atoms with E-state index in [2.05, 4.69) is 0 Å². The molecule has 1 aromatic rings. The third kappa shape index (κ3) is 4.48. The van der Waals surface area contributed by atoms with Gasteiger partial charge in [-0.3, -0.25) is 9.59 Å². The van der Waals surface area contributed by atoms with E-state index in [-0.39, 0.29) is 57.9 Å². The lowest BCUT2D eigenvalue weighted by molar-refractivity contribution is -0.119. The van der Waals surface area contributed by atoms with Gasteiger partial charge in [-0.2, -0.15) is 0 Å². The van der Waals surface area contributed by atoms with Crippen LogP contribution in [0.4, 0.5) is 0 Å². The van der Waals surface area contributed by atoms with Crippen molar-refractivity contribution in [3.63, 3.8) is 0 Å². The topological polar surface area (TPSA) is 93.1 Å². The van der Waals surface area contributed by atoms with Gasteiger partial charge >= 0.3 is 0 Å². The first-order valence-corrected chi connectivity index (χ1v) is 10.5. The van der Waals surface area contributed by atoms with Crippen LogP contribution in [0.5, 0.6) is 11.5 Å². The van der Waals surface area contributed by atoms with Gasteiger partial charge in [0, 0.05) is 42.4 Å². The van der Waals surface area contributed by atoms with E-state index in [9.17, 15) is 19.8 Å². The number of methoxy groups -OCH3 is 2. The summed E-state index contributed by atoms with van der Waals surface area (Å²) < 4.78 is 10.9. The molecule has 0 spiro atoms. The molecule has 31 heavy (non-hydrogen) atoms. The van der Waals surface area contributed by atoms with Crippen LogP contribution in [0.3, 0.4) is 0 Å². The Balaban J connectivity index is 2.32. The normalized spacial score (nSPS) is 21.0. The van der Waals surface area contributed by atoms with Crippen molar-refractivity contribution in [1.29, 1.82) is 0 Å². The monoisotopic (exact) mass is 428 g/mol. The molecule has 0 radical (unpaired) electrons. The van der Waals surface area contributed by atoms with Crippen LogP contribution in [-0.2, 0) is 9.59 Å². The quantitative estimate of drug-likeness (QED) is 0.670. The number of rotatable bonds is 5. The van der Waals surface area contributed by atoms with E-state index in [1.807, 2.05) is 27.7 Å². The van der Waals surface area contributed by atoms with Crippen molar-refractivity contribution in [2.75, 3.05) is 14.2 Å². The number of aliphatic hydroxyl groups is 2. The lowest BCUT2D eigenvalue weighted by atomic mass is 9.67. The molecule has 168 valence electrons. The van der Waals surface area contributed by atoms with Gasteiger partial charge in [0.15, 0.2) is 11.6 Å². The highest BCUT2D eigenvalue weighted by atomic mass is 16.5. The molecule has 0 unspecified atom stereocenters. The van der Waals surface area contributed by atoms with Gasteiger partial charge in [0.1, 0.15) is 23.0 Å². The second-order valence-corrected chi connectivity index (χ2v) is 10.1. The van der Waals surface area contributed by atoms with E-state index < -0.39 is 5.92 Å². The van der Waals surface area contributed by atoms with Crippen LogP contribution >= 0.6 is 0 Å². The van der Waals surface area contributed by atoms with Gasteiger partial charge in [0.25, 0.3) is 0 Å². The fraction of sp³-hybridized carbons (Fsp3) is 0.520. The predicted molar refractivity (Wildman–Crippen MR) is 118 cm³/mol. The second kappa shape index (κ2) is 8.06. The number of hydrogen-bond acceptors (Lipinski definition) is 6. The zero-order valence-electron chi connectivity index (χ0n) is 19.2. The molecule has 0 bridgehead atoms. The molecule has 3 rings (SSSR count). The van der Waals surface area contributed by atoms with Crippen LogP contribution in [0.15, 0.2) is 40.9 Å². The number of ether oxygens (including phenoxy) is 2. The molecule has 0 fully saturated rings. The van der Waals surface area contributed by atoms with E-state index in [1.54, 1.807) is 18.2 Å². The number of allylic oxidation sites excluding steroid dienone is 4. The summed E-state index contributed by atoms with van der Waals surface area (Å²) in [6, 6.07) is 5.12. The van der Waals surface area contributed by atoms with Crippen molar-refractivity contribution >= 4 is 11.6 Å². The minimum Gasteiger partial charge on any atom is -0.512 e. The smallest absolute Gasteiger partial charge is 0.163 e. The highest BCUT2D eigenvalue weighted by Crippen LogP contribution is 2.50. The highest BCUT2D eigenvalue weighted by molar-refractivity contribution is 6.05. The summed E-state index contributed by atoms with van der Waals surface area (Å²) in [6.45, 7) is 7.68. The number of hydrogen-bond donors (Lipinski definition) is 2. The molecule has 2 aliphatic rings. The maximum atomic E-state index is 13.3. The summed E-state index contributed by atoms with van der Waals surface area (Å²) in [5.74, 6) is -0.529. The van der Waals surface area contributed by atoms with Crippen LogP contribution in [0.25, 0.3) is 0 Å². The van der Waals surface area contributed by atoms with Crippen molar-refractivity contribution in [3.05, 3.63) is 46.4 Å². The summed E-state index contributed by atoms with van der Waals surface area (Å²) >= 11 is 0. The van der Waals surface area contributed by atoms with Gasteiger partial charge in [0.05, 0.1) is 20.1 Å². The third-order valence-corrected chi connectivity index (χ3v) is 6.12. The SMILES string of the molecule is COc1ccc(OC)c(C(C2=C(O)CC(C)(C)CC2=O)C2=C(O)CC(C)(C)CC2=O)c1. The van der Waals surface area contributed by atoms with Crippen LogP contribution in [0, 0.1) is 10.8 Å². The van der Waals surface area contributed by atoms with Crippen LogP contribution < -0.4 is 9.47 Å². The van der Waals surface area contributed by atoms with E-state index >= 15 is 0 Å². The first kappa shape index (κ1) is 22.9. The lowest BCUT2D eigenvalue weighted by Crippen LogP contribution is -2.33. The van der Waals surface area contributed by atoms with Crippen molar-refractivity contribution < 1.29 is 29.3 Å². The predicted octanol–water partition coefficient (Wildman–Crippen LogP) is 5.19. The molecule has 0 saturated carbocycles. The zero-order chi connectivity index (χ0) is 23.1. The van der Waals surface area contributed by atoms with E-state index in [0.29, 0.717) is 29.9 Å². The van der Waals surface area contributed by atoms with E-state index in [4.69, 9.17) is 9.47 Å². The van der Waals surface area contributed by atoms with Gasteiger partial charge in [-0.05, 0) is 29.0 Å². The maximum Gasteiger partial charge on any atom is 0.163 e. The molecule has 0 saturated heterocycles. The number of aliphatic hydroxyl groups excluding tert-OH is 2. The summed E-state index contributed by atoms with van der Waals surface area (Å²) in [5.41, 5.74) is 0.0396. The lowest BCUT2D eigenvalue weighted by Gasteiger charge is -2.37. The molecular weight excluding hydrogens is 396 g/mol. The average Bonchev–Trinajstić information content (AvgIpc) is 2.63. The summed E-state index contributed by atoms with van der Waals surface area (Å²) in [6.07, 6.45) is 1.10. The zero-order valence-corrected chi connectivity index (χ0v) is 19.2. The van der Waals surface area contributed by atoms with Crippen molar-refractivity contribution in [2.24, 2.45) is 10.8 Å². The Morgan fingerprint density at radius 1 is 0.806 bits per heavy atom. The number of carbonyl (C=O) groups is 2. The highest BCUT2D eigenvalue weighted by Gasteiger charge is 2.44. The summed E-state index contributed by atoms with van der Waals surface area (Å²) in [7, 11) is 3.03. The molecule has 2 N–H and O–H groups in total. The summed E-state index contributed by atoms with van der Waals surface area (Å²) in [4.78, 5) is 26.5. The fourth-order valence-electron chi connectivity index (χ4n) is 4.78. The molecule has 0 aliphatic heterocycles. The Bertz CT molecular complexity index is 928. The minimum atomic E-state index is -0.933. The molecular formula is C25H32O6.